The maximum atomic E-state index is 13.3. The van der Waals surface area contributed by atoms with E-state index in [9.17, 15) is 8.78 Å². The molecule has 1 aromatic carbocycles. The second kappa shape index (κ2) is 4.76. The highest BCUT2D eigenvalue weighted by molar-refractivity contribution is 7.99. The van der Waals surface area contributed by atoms with Gasteiger partial charge in [-0.1, -0.05) is 23.4 Å². The highest BCUT2D eigenvalue weighted by Gasteiger charge is 2.07. The summed E-state index contributed by atoms with van der Waals surface area (Å²) in [5.41, 5.74) is 0. The van der Waals surface area contributed by atoms with Gasteiger partial charge in [0, 0.05) is 0 Å². The molecule has 0 aliphatic heterocycles. The Hall–Kier alpha value is -1.20. The molecule has 0 N–H and O–H groups in total. The minimum atomic E-state index is -0.497. The molecule has 82 valence electrons. The minimum absolute atomic E-state index is 0.164. The number of hydrogen-bond acceptors (Lipinski definition) is 3. The molecule has 1 aromatic heterocycles. The van der Waals surface area contributed by atoms with Crippen molar-refractivity contribution in [3.8, 4) is 0 Å². The lowest BCUT2D eigenvalue weighted by Crippen LogP contribution is -1.87. The van der Waals surface area contributed by atoms with Crippen molar-refractivity contribution in [3.05, 3.63) is 47.1 Å². The van der Waals surface area contributed by atoms with Crippen molar-refractivity contribution in [2.45, 2.75) is 9.92 Å². The van der Waals surface area contributed by atoms with Crippen molar-refractivity contribution >= 4 is 23.4 Å². The summed E-state index contributed by atoms with van der Waals surface area (Å²) in [6.07, 6.45) is 0. The molecule has 0 atom stereocenters. The van der Waals surface area contributed by atoms with Gasteiger partial charge in [-0.2, -0.15) is 0 Å². The fourth-order valence-corrected chi connectivity index (χ4v) is 1.91. The third-order valence-corrected chi connectivity index (χ3v) is 2.88. The summed E-state index contributed by atoms with van der Waals surface area (Å²) in [4.78, 5) is 0.164. The summed E-state index contributed by atoms with van der Waals surface area (Å²) in [5.74, 6) is -0.992. The van der Waals surface area contributed by atoms with Crippen LogP contribution in [0.2, 0.25) is 5.15 Å². The van der Waals surface area contributed by atoms with E-state index in [0.717, 1.165) is 30.0 Å². The number of rotatable bonds is 2. The van der Waals surface area contributed by atoms with E-state index >= 15 is 0 Å². The van der Waals surface area contributed by atoms with E-state index in [-0.39, 0.29) is 10.0 Å². The summed E-state index contributed by atoms with van der Waals surface area (Å²) in [6, 6.07) is 6.36. The van der Waals surface area contributed by atoms with Crippen LogP contribution >= 0.6 is 23.4 Å². The Bertz CT molecular complexity index is 505. The van der Waals surface area contributed by atoms with Gasteiger partial charge in [0.15, 0.2) is 5.15 Å². The van der Waals surface area contributed by atoms with E-state index in [2.05, 4.69) is 10.2 Å². The van der Waals surface area contributed by atoms with Gasteiger partial charge >= 0.3 is 0 Å². The molecular weight excluding hydrogens is 254 g/mol. The summed E-state index contributed by atoms with van der Waals surface area (Å²) < 4.78 is 26.1. The molecule has 0 spiro atoms. The van der Waals surface area contributed by atoms with Gasteiger partial charge in [0.2, 0.25) is 0 Å². The van der Waals surface area contributed by atoms with E-state index in [1.165, 1.54) is 6.07 Å². The van der Waals surface area contributed by atoms with Crippen LogP contribution in [0.5, 0.6) is 0 Å². The highest BCUT2D eigenvalue weighted by Crippen LogP contribution is 2.28. The third-order valence-electron chi connectivity index (χ3n) is 1.72. The summed E-state index contributed by atoms with van der Waals surface area (Å²) in [5, 5.41) is 8.05. The van der Waals surface area contributed by atoms with Gasteiger partial charge in [0.05, 0.1) is 4.90 Å². The average Bonchev–Trinajstić information content (AvgIpc) is 2.27. The maximum Gasteiger partial charge on any atom is 0.151 e. The first kappa shape index (κ1) is 11.3. The molecule has 2 rings (SSSR count). The monoisotopic (exact) mass is 258 g/mol. The Labute approximate surface area is 99.7 Å². The largest absolute Gasteiger partial charge is 0.207 e. The standard InChI is InChI=1S/C10H5ClF2N2S/c11-9-3-4-10(15-14-9)16-8-5-6(12)1-2-7(8)13/h1-5H. The molecule has 0 amide bonds. The van der Waals surface area contributed by atoms with E-state index in [0.29, 0.717) is 5.03 Å². The molecule has 2 nitrogen and oxygen atoms in total. The fraction of sp³-hybridized carbons (Fsp3) is 0. The van der Waals surface area contributed by atoms with Crippen molar-refractivity contribution in [2.24, 2.45) is 0 Å². The summed E-state index contributed by atoms with van der Waals surface area (Å²) >= 11 is 6.54. The van der Waals surface area contributed by atoms with Gasteiger partial charge in [-0.25, -0.2) is 8.78 Å². The van der Waals surface area contributed by atoms with E-state index < -0.39 is 11.6 Å². The molecule has 0 aliphatic rings. The number of benzene rings is 1. The van der Waals surface area contributed by atoms with E-state index in [4.69, 9.17) is 11.6 Å². The lowest BCUT2D eigenvalue weighted by Gasteiger charge is -2.01. The Morgan fingerprint density at radius 2 is 1.88 bits per heavy atom. The quantitative estimate of drug-likeness (QED) is 0.824. The van der Waals surface area contributed by atoms with Crippen molar-refractivity contribution in [1.29, 1.82) is 0 Å². The zero-order chi connectivity index (χ0) is 11.5. The summed E-state index contributed by atoms with van der Waals surface area (Å²) in [6.45, 7) is 0. The van der Waals surface area contributed by atoms with Crippen LogP contribution in [-0.2, 0) is 0 Å². The van der Waals surface area contributed by atoms with Crippen molar-refractivity contribution in [3.63, 3.8) is 0 Å². The van der Waals surface area contributed by atoms with Crippen molar-refractivity contribution in [2.75, 3.05) is 0 Å². The molecule has 2 aromatic rings. The number of aromatic nitrogens is 2. The number of halogens is 3. The topological polar surface area (TPSA) is 25.8 Å². The highest BCUT2D eigenvalue weighted by atomic mass is 35.5. The Kier molecular flexibility index (Phi) is 3.36. The van der Waals surface area contributed by atoms with Crippen LogP contribution in [0.25, 0.3) is 0 Å². The third kappa shape index (κ3) is 2.68. The molecule has 0 unspecified atom stereocenters. The molecule has 0 fully saturated rings. The van der Waals surface area contributed by atoms with Crippen LogP contribution in [-0.4, -0.2) is 10.2 Å². The lowest BCUT2D eigenvalue weighted by atomic mass is 10.3. The van der Waals surface area contributed by atoms with Gasteiger partial charge < -0.3 is 0 Å². The van der Waals surface area contributed by atoms with Gasteiger partial charge in [0.1, 0.15) is 16.7 Å². The van der Waals surface area contributed by atoms with Gasteiger partial charge in [-0.3, -0.25) is 0 Å². The first-order chi connectivity index (χ1) is 7.65. The number of nitrogens with zero attached hydrogens (tertiary/aromatic N) is 2. The van der Waals surface area contributed by atoms with Crippen LogP contribution in [0.1, 0.15) is 0 Å². The molecule has 1 heterocycles. The maximum absolute atomic E-state index is 13.3. The molecule has 0 saturated heterocycles. The number of hydrogen-bond donors (Lipinski definition) is 0. The second-order valence-electron chi connectivity index (χ2n) is 2.87. The van der Waals surface area contributed by atoms with E-state index in [1.807, 2.05) is 0 Å². The first-order valence-electron chi connectivity index (χ1n) is 4.27. The summed E-state index contributed by atoms with van der Waals surface area (Å²) in [7, 11) is 0. The second-order valence-corrected chi connectivity index (χ2v) is 4.32. The molecule has 0 saturated carbocycles. The Morgan fingerprint density at radius 3 is 2.56 bits per heavy atom. The zero-order valence-corrected chi connectivity index (χ0v) is 9.40. The average molecular weight is 259 g/mol. The van der Waals surface area contributed by atoms with Crippen molar-refractivity contribution < 1.29 is 8.78 Å². The molecule has 0 aliphatic carbocycles. The normalized spacial score (nSPS) is 10.4. The SMILES string of the molecule is Fc1ccc(F)c(Sc2ccc(Cl)nn2)c1. The van der Waals surface area contributed by atoms with Crippen LogP contribution in [0.4, 0.5) is 8.78 Å². The fourth-order valence-electron chi connectivity index (χ4n) is 1.03. The Morgan fingerprint density at radius 1 is 1.06 bits per heavy atom. The van der Waals surface area contributed by atoms with Crippen molar-refractivity contribution in [1.82, 2.24) is 10.2 Å². The van der Waals surface area contributed by atoms with Crippen LogP contribution in [0, 0.1) is 11.6 Å². The minimum Gasteiger partial charge on any atom is -0.207 e. The first-order valence-corrected chi connectivity index (χ1v) is 5.47. The Balaban J connectivity index is 2.26. The molecule has 16 heavy (non-hydrogen) atoms. The molecule has 0 radical (unpaired) electrons. The lowest BCUT2D eigenvalue weighted by molar-refractivity contribution is 0.577. The van der Waals surface area contributed by atoms with Gasteiger partial charge in [0.25, 0.3) is 0 Å². The molecule has 0 bridgehead atoms. The van der Waals surface area contributed by atoms with Crippen LogP contribution in [0.3, 0.4) is 0 Å². The predicted molar refractivity (Wildman–Crippen MR) is 57.5 cm³/mol. The molecular formula is C10H5ClF2N2S. The zero-order valence-electron chi connectivity index (χ0n) is 7.82. The van der Waals surface area contributed by atoms with Gasteiger partial charge in [-0.15, -0.1) is 10.2 Å². The molecule has 6 heteroatoms. The van der Waals surface area contributed by atoms with Crippen LogP contribution in [0.15, 0.2) is 40.3 Å². The predicted octanol–water partition coefficient (Wildman–Crippen LogP) is 3.56. The van der Waals surface area contributed by atoms with Gasteiger partial charge in [-0.05, 0) is 30.3 Å². The smallest absolute Gasteiger partial charge is 0.151 e. The van der Waals surface area contributed by atoms with E-state index in [1.54, 1.807) is 6.07 Å². The van der Waals surface area contributed by atoms with Crippen LogP contribution < -0.4 is 0 Å².